The number of nitrogens with zero attached hydrogens (tertiary/aromatic N) is 6. The quantitative estimate of drug-likeness (QED) is 0.680. The zero-order valence-electron chi connectivity index (χ0n) is 14.9. The van der Waals surface area contributed by atoms with Crippen LogP contribution in [0.15, 0.2) is 36.7 Å². The van der Waals surface area contributed by atoms with Crippen LogP contribution in [0.25, 0.3) is 5.78 Å². The van der Waals surface area contributed by atoms with Crippen molar-refractivity contribution < 1.29 is 9.53 Å². The third-order valence-corrected chi connectivity index (χ3v) is 4.85. The van der Waals surface area contributed by atoms with Gasteiger partial charge in [0, 0.05) is 43.0 Å². The molecule has 0 spiro atoms. The van der Waals surface area contributed by atoms with Gasteiger partial charge in [-0.05, 0) is 31.2 Å². The van der Waals surface area contributed by atoms with Crippen molar-refractivity contribution in [2.45, 2.75) is 6.92 Å². The van der Waals surface area contributed by atoms with Crippen molar-refractivity contribution in [2.24, 2.45) is 0 Å². The Morgan fingerprint density at radius 3 is 2.67 bits per heavy atom. The average molecular weight is 387 g/mol. The van der Waals surface area contributed by atoms with Crippen LogP contribution in [0, 0.1) is 6.92 Å². The van der Waals surface area contributed by atoms with E-state index in [0.717, 1.165) is 11.5 Å². The lowest BCUT2D eigenvalue weighted by Gasteiger charge is -2.35. The average Bonchev–Trinajstić information content (AvgIpc) is 3.17. The number of rotatable bonds is 4. The second-order valence-electron chi connectivity index (χ2n) is 6.37. The molecule has 1 fully saturated rings. The summed E-state index contributed by atoms with van der Waals surface area (Å²) >= 11 is 5.85. The van der Waals surface area contributed by atoms with Gasteiger partial charge >= 0.3 is 0 Å². The summed E-state index contributed by atoms with van der Waals surface area (Å²) in [6, 6.07) is 8.99. The fourth-order valence-electron chi connectivity index (χ4n) is 3.06. The predicted molar refractivity (Wildman–Crippen MR) is 101 cm³/mol. The Balaban J connectivity index is 1.33. The first-order valence-electron chi connectivity index (χ1n) is 8.68. The van der Waals surface area contributed by atoms with Gasteiger partial charge in [-0.25, -0.2) is 0 Å². The third-order valence-electron chi connectivity index (χ3n) is 4.59. The standard InChI is InChI=1S/C18H19ClN6O2/c1-13-10-16(21-18-22-20-12-25(13)18)23-6-8-24(9-7-23)17(26)11-27-15-4-2-14(19)3-5-15/h2-5,10,12H,6-9,11H2,1H3. The lowest BCUT2D eigenvalue weighted by atomic mass is 10.3. The zero-order valence-corrected chi connectivity index (χ0v) is 15.6. The molecule has 1 amide bonds. The maximum absolute atomic E-state index is 12.4. The maximum atomic E-state index is 12.4. The Kier molecular flexibility index (Phi) is 4.81. The number of piperazine rings is 1. The minimum absolute atomic E-state index is 0.0185. The molecule has 8 nitrogen and oxygen atoms in total. The molecule has 9 heteroatoms. The van der Waals surface area contributed by atoms with Crippen LogP contribution in [0.4, 0.5) is 5.82 Å². The van der Waals surface area contributed by atoms with Crippen LogP contribution in [-0.2, 0) is 4.79 Å². The van der Waals surface area contributed by atoms with E-state index >= 15 is 0 Å². The highest BCUT2D eigenvalue weighted by molar-refractivity contribution is 6.30. The molecular weight excluding hydrogens is 368 g/mol. The van der Waals surface area contributed by atoms with E-state index in [1.54, 1.807) is 30.6 Å². The summed E-state index contributed by atoms with van der Waals surface area (Å²) in [7, 11) is 0. The number of hydrogen-bond acceptors (Lipinski definition) is 6. The molecule has 1 aliphatic heterocycles. The van der Waals surface area contributed by atoms with Crippen molar-refractivity contribution in [3.8, 4) is 5.75 Å². The number of amides is 1. The fraction of sp³-hybridized carbons (Fsp3) is 0.333. The Labute approximate surface area is 161 Å². The monoisotopic (exact) mass is 386 g/mol. The summed E-state index contributed by atoms with van der Waals surface area (Å²) < 4.78 is 7.39. The van der Waals surface area contributed by atoms with Crippen molar-refractivity contribution in [2.75, 3.05) is 37.7 Å². The highest BCUT2D eigenvalue weighted by Crippen LogP contribution is 2.18. The van der Waals surface area contributed by atoms with Crippen LogP contribution in [0.1, 0.15) is 5.69 Å². The van der Waals surface area contributed by atoms with Crippen molar-refractivity contribution in [1.29, 1.82) is 0 Å². The van der Waals surface area contributed by atoms with E-state index in [4.69, 9.17) is 16.3 Å². The van der Waals surface area contributed by atoms with Gasteiger partial charge in [-0.1, -0.05) is 11.6 Å². The number of aryl methyl sites for hydroxylation is 1. The van der Waals surface area contributed by atoms with E-state index in [0.29, 0.717) is 42.7 Å². The molecule has 3 heterocycles. The van der Waals surface area contributed by atoms with E-state index in [2.05, 4.69) is 20.1 Å². The molecule has 27 heavy (non-hydrogen) atoms. The first kappa shape index (κ1) is 17.5. The number of anilines is 1. The number of ether oxygens (including phenoxy) is 1. The summed E-state index contributed by atoms with van der Waals surface area (Å²) in [5.74, 6) is 2.05. The molecular formula is C18H19ClN6O2. The van der Waals surface area contributed by atoms with Gasteiger partial charge in [-0.3, -0.25) is 9.20 Å². The summed E-state index contributed by atoms with van der Waals surface area (Å²) in [6.45, 7) is 4.69. The molecule has 0 radical (unpaired) electrons. The Morgan fingerprint density at radius 2 is 1.93 bits per heavy atom. The number of fused-ring (bicyclic) bond motifs is 1. The summed E-state index contributed by atoms with van der Waals surface area (Å²) in [6.07, 6.45) is 1.65. The second-order valence-corrected chi connectivity index (χ2v) is 6.80. The Morgan fingerprint density at radius 1 is 1.19 bits per heavy atom. The minimum atomic E-state index is -0.0263. The van der Waals surface area contributed by atoms with E-state index < -0.39 is 0 Å². The topological polar surface area (TPSA) is 75.9 Å². The van der Waals surface area contributed by atoms with Gasteiger partial charge in [0.05, 0.1) is 0 Å². The molecule has 0 atom stereocenters. The predicted octanol–water partition coefficient (Wildman–Crippen LogP) is 1.81. The van der Waals surface area contributed by atoms with E-state index in [9.17, 15) is 4.79 Å². The molecule has 1 aliphatic rings. The molecule has 0 saturated carbocycles. The lowest BCUT2D eigenvalue weighted by Crippen LogP contribution is -2.50. The first-order chi connectivity index (χ1) is 13.1. The Hall–Kier alpha value is -2.87. The highest BCUT2D eigenvalue weighted by Gasteiger charge is 2.23. The molecule has 4 rings (SSSR count). The van der Waals surface area contributed by atoms with Crippen LogP contribution in [0.3, 0.4) is 0 Å². The van der Waals surface area contributed by atoms with Gasteiger partial charge in [0.25, 0.3) is 11.7 Å². The summed E-state index contributed by atoms with van der Waals surface area (Å²) in [5.41, 5.74) is 1.02. The van der Waals surface area contributed by atoms with Crippen LogP contribution in [0.5, 0.6) is 5.75 Å². The van der Waals surface area contributed by atoms with Crippen LogP contribution >= 0.6 is 11.6 Å². The number of aromatic nitrogens is 4. The molecule has 3 aromatic rings. The van der Waals surface area contributed by atoms with Gasteiger partial charge in [0.1, 0.15) is 17.9 Å². The second kappa shape index (κ2) is 7.40. The Bertz CT molecular complexity index is 950. The maximum Gasteiger partial charge on any atom is 0.260 e. The van der Waals surface area contributed by atoms with Gasteiger partial charge in [0.15, 0.2) is 6.61 Å². The SMILES string of the molecule is Cc1cc(N2CCN(C(=O)COc3ccc(Cl)cc3)CC2)nc2nncn12. The molecule has 140 valence electrons. The van der Waals surface area contributed by atoms with E-state index in [1.165, 1.54) is 0 Å². The number of benzene rings is 1. The van der Waals surface area contributed by atoms with Crippen molar-refractivity contribution in [1.82, 2.24) is 24.5 Å². The molecule has 0 unspecified atom stereocenters. The highest BCUT2D eigenvalue weighted by atomic mass is 35.5. The minimum Gasteiger partial charge on any atom is -0.484 e. The van der Waals surface area contributed by atoms with Gasteiger partial charge in [-0.2, -0.15) is 4.98 Å². The molecule has 1 aromatic carbocycles. The van der Waals surface area contributed by atoms with Gasteiger partial charge in [-0.15, -0.1) is 10.2 Å². The van der Waals surface area contributed by atoms with Crippen LogP contribution in [-0.4, -0.2) is 63.2 Å². The van der Waals surface area contributed by atoms with E-state index in [-0.39, 0.29) is 12.5 Å². The molecule has 2 aromatic heterocycles. The number of carbonyl (C=O) groups excluding carboxylic acids is 1. The number of hydrogen-bond donors (Lipinski definition) is 0. The third kappa shape index (κ3) is 3.80. The van der Waals surface area contributed by atoms with Crippen LogP contribution < -0.4 is 9.64 Å². The molecule has 0 aliphatic carbocycles. The van der Waals surface area contributed by atoms with Crippen LogP contribution in [0.2, 0.25) is 5.02 Å². The normalized spacial score (nSPS) is 14.6. The molecule has 1 saturated heterocycles. The summed E-state index contributed by atoms with van der Waals surface area (Å²) in [5, 5.41) is 8.55. The number of halogens is 1. The molecule has 0 N–H and O–H groups in total. The van der Waals surface area contributed by atoms with Gasteiger partial charge in [0.2, 0.25) is 0 Å². The largest absolute Gasteiger partial charge is 0.484 e. The summed E-state index contributed by atoms with van der Waals surface area (Å²) in [4.78, 5) is 20.9. The fourth-order valence-corrected chi connectivity index (χ4v) is 3.19. The van der Waals surface area contributed by atoms with E-state index in [1.807, 2.05) is 22.3 Å². The first-order valence-corrected chi connectivity index (χ1v) is 9.06. The molecule has 0 bridgehead atoms. The van der Waals surface area contributed by atoms with Gasteiger partial charge < -0.3 is 14.5 Å². The number of carbonyl (C=O) groups is 1. The van der Waals surface area contributed by atoms with Crippen molar-refractivity contribution >= 4 is 29.1 Å². The zero-order chi connectivity index (χ0) is 18.8. The smallest absolute Gasteiger partial charge is 0.260 e. The van der Waals surface area contributed by atoms with Crippen molar-refractivity contribution in [3.05, 3.63) is 47.4 Å². The lowest BCUT2D eigenvalue weighted by molar-refractivity contribution is -0.133. The van der Waals surface area contributed by atoms with Crippen molar-refractivity contribution in [3.63, 3.8) is 0 Å².